The Labute approximate surface area is 115 Å². The predicted octanol–water partition coefficient (Wildman–Crippen LogP) is 2.20. The Bertz CT molecular complexity index is 543. The van der Waals surface area contributed by atoms with Gasteiger partial charge in [0.1, 0.15) is 6.04 Å². The molecule has 0 fully saturated rings. The summed E-state index contributed by atoms with van der Waals surface area (Å²) in [5.41, 5.74) is 0.588. The van der Waals surface area contributed by atoms with Crippen LogP contribution < -0.4 is 5.32 Å². The van der Waals surface area contributed by atoms with E-state index in [0.29, 0.717) is 5.57 Å². The van der Waals surface area contributed by atoms with Crippen LogP contribution in [0.1, 0.15) is 23.7 Å². The summed E-state index contributed by atoms with van der Waals surface area (Å²) < 4.78 is 30.4. The quantitative estimate of drug-likeness (QED) is 0.666. The number of methoxy groups -OCH3 is 1. The van der Waals surface area contributed by atoms with E-state index >= 15 is 0 Å². The number of benzene rings is 1. The molecule has 0 aliphatic carbocycles. The number of esters is 1. The molecule has 1 rings (SSSR count). The number of halogens is 2. The lowest BCUT2D eigenvalue weighted by atomic mass is 10.1. The average Bonchev–Trinajstić information content (AvgIpc) is 2.39. The van der Waals surface area contributed by atoms with E-state index in [1.807, 2.05) is 0 Å². The van der Waals surface area contributed by atoms with E-state index in [2.05, 4.69) is 16.6 Å². The van der Waals surface area contributed by atoms with Crippen molar-refractivity contribution in [3.8, 4) is 0 Å². The first kappa shape index (κ1) is 15.8. The van der Waals surface area contributed by atoms with Crippen LogP contribution in [0.2, 0.25) is 0 Å². The fraction of sp³-hybridized carbons (Fsp3) is 0.286. The van der Waals surface area contributed by atoms with E-state index in [-0.39, 0.29) is 12.0 Å². The average molecular weight is 283 g/mol. The molecule has 1 N–H and O–H groups in total. The van der Waals surface area contributed by atoms with Crippen LogP contribution in [-0.4, -0.2) is 25.0 Å². The van der Waals surface area contributed by atoms with Crippen molar-refractivity contribution in [1.82, 2.24) is 5.32 Å². The summed E-state index contributed by atoms with van der Waals surface area (Å²) in [5, 5.41) is 2.40. The number of hydrogen-bond donors (Lipinski definition) is 1. The first-order valence-electron chi connectivity index (χ1n) is 5.83. The second-order valence-electron chi connectivity index (χ2n) is 4.34. The van der Waals surface area contributed by atoms with E-state index in [1.54, 1.807) is 6.92 Å². The topological polar surface area (TPSA) is 55.4 Å². The molecule has 6 heteroatoms. The van der Waals surface area contributed by atoms with E-state index in [9.17, 15) is 18.4 Å². The Morgan fingerprint density at radius 2 is 2.00 bits per heavy atom. The first-order chi connectivity index (χ1) is 9.35. The molecule has 0 aliphatic heterocycles. The molecule has 1 atom stereocenters. The molecule has 4 nitrogen and oxygen atoms in total. The molecular formula is C14H15F2NO3. The van der Waals surface area contributed by atoms with Gasteiger partial charge in [0.15, 0.2) is 11.6 Å². The molecule has 0 aliphatic rings. The molecule has 0 saturated carbocycles. The van der Waals surface area contributed by atoms with Gasteiger partial charge in [-0.15, -0.1) is 6.58 Å². The van der Waals surface area contributed by atoms with Crippen molar-refractivity contribution in [2.24, 2.45) is 0 Å². The maximum atomic E-state index is 13.1. The Hall–Kier alpha value is -2.24. The van der Waals surface area contributed by atoms with Gasteiger partial charge in [-0.25, -0.2) is 13.6 Å². The van der Waals surface area contributed by atoms with E-state index in [0.717, 1.165) is 18.2 Å². The second-order valence-corrected chi connectivity index (χ2v) is 4.34. The van der Waals surface area contributed by atoms with Crippen molar-refractivity contribution < 1.29 is 23.1 Å². The summed E-state index contributed by atoms with van der Waals surface area (Å²) in [5.74, 6) is -3.51. The Morgan fingerprint density at radius 3 is 2.50 bits per heavy atom. The third kappa shape index (κ3) is 4.15. The molecule has 0 heterocycles. The Morgan fingerprint density at radius 1 is 1.35 bits per heavy atom. The summed E-state index contributed by atoms with van der Waals surface area (Å²) in [6.07, 6.45) is 0.197. The fourth-order valence-electron chi connectivity index (χ4n) is 1.56. The summed E-state index contributed by atoms with van der Waals surface area (Å²) in [4.78, 5) is 23.4. The minimum Gasteiger partial charge on any atom is -0.467 e. The number of rotatable bonds is 5. The maximum absolute atomic E-state index is 13.1. The van der Waals surface area contributed by atoms with E-state index in [1.165, 1.54) is 7.11 Å². The minimum atomic E-state index is -1.13. The van der Waals surface area contributed by atoms with Gasteiger partial charge in [0, 0.05) is 5.56 Å². The predicted molar refractivity (Wildman–Crippen MR) is 69.1 cm³/mol. The molecule has 1 amide bonds. The largest absolute Gasteiger partial charge is 0.467 e. The van der Waals surface area contributed by atoms with Crippen LogP contribution in [0.15, 0.2) is 30.4 Å². The highest BCUT2D eigenvalue weighted by molar-refractivity contribution is 5.96. The lowest BCUT2D eigenvalue weighted by Gasteiger charge is -2.16. The third-order valence-corrected chi connectivity index (χ3v) is 2.53. The molecule has 0 saturated heterocycles. The molecular weight excluding hydrogens is 268 g/mol. The number of carbonyl (C=O) groups excluding carboxylic acids is 2. The van der Waals surface area contributed by atoms with Gasteiger partial charge in [-0.3, -0.25) is 4.79 Å². The molecule has 0 aromatic heterocycles. The van der Waals surface area contributed by atoms with E-state index < -0.39 is 29.6 Å². The zero-order valence-corrected chi connectivity index (χ0v) is 11.2. The zero-order valence-electron chi connectivity index (χ0n) is 11.2. The van der Waals surface area contributed by atoms with Gasteiger partial charge in [0.05, 0.1) is 7.11 Å². The van der Waals surface area contributed by atoms with Gasteiger partial charge in [-0.1, -0.05) is 5.57 Å². The van der Waals surface area contributed by atoms with Crippen molar-refractivity contribution in [2.75, 3.05) is 7.11 Å². The number of hydrogen-bond acceptors (Lipinski definition) is 3. The number of ether oxygens (including phenoxy) is 1. The molecule has 0 unspecified atom stereocenters. The van der Waals surface area contributed by atoms with Crippen molar-refractivity contribution in [3.05, 3.63) is 47.5 Å². The smallest absolute Gasteiger partial charge is 0.328 e. The normalized spacial score (nSPS) is 11.6. The highest BCUT2D eigenvalue weighted by Crippen LogP contribution is 2.10. The standard InChI is InChI=1S/C14H15F2NO3/c1-8(2)6-12(14(19)20-3)17-13(18)9-4-5-10(15)11(16)7-9/h4-5,7,12H,1,6H2,2-3H3,(H,17,18)/t12-/m1/s1. The van der Waals surface area contributed by atoms with Gasteiger partial charge >= 0.3 is 5.97 Å². The monoisotopic (exact) mass is 283 g/mol. The maximum Gasteiger partial charge on any atom is 0.328 e. The summed E-state index contributed by atoms with van der Waals surface area (Å²) in [6, 6.07) is 1.82. The van der Waals surface area contributed by atoms with Gasteiger partial charge in [-0.2, -0.15) is 0 Å². The highest BCUT2D eigenvalue weighted by atomic mass is 19.2. The van der Waals surface area contributed by atoms with Crippen molar-refractivity contribution in [1.29, 1.82) is 0 Å². The summed E-state index contributed by atoms with van der Waals surface area (Å²) >= 11 is 0. The number of amides is 1. The molecule has 1 aromatic carbocycles. The lowest BCUT2D eigenvalue weighted by Crippen LogP contribution is -2.41. The second kappa shape index (κ2) is 6.79. The number of nitrogens with one attached hydrogen (secondary N) is 1. The summed E-state index contributed by atoms with van der Waals surface area (Å²) in [7, 11) is 1.19. The fourth-order valence-corrected chi connectivity index (χ4v) is 1.56. The van der Waals surface area contributed by atoms with Crippen LogP contribution >= 0.6 is 0 Å². The van der Waals surface area contributed by atoms with Gasteiger partial charge in [0.2, 0.25) is 0 Å². The molecule has 0 spiro atoms. The van der Waals surface area contributed by atoms with Crippen LogP contribution in [0.4, 0.5) is 8.78 Å². The minimum absolute atomic E-state index is 0.0838. The highest BCUT2D eigenvalue weighted by Gasteiger charge is 2.22. The Kier molecular flexibility index (Phi) is 5.37. The molecule has 1 aromatic rings. The van der Waals surface area contributed by atoms with Crippen LogP contribution in [0.5, 0.6) is 0 Å². The van der Waals surface area contributed by atoms with Crippen LogP contribution in [0, 0.1) is 11.6 Å². The van der Waals surface area contributed by atoms with Crippen molar-refractivity contribution in [3.63, 3.8) is 0 Å². The van der Waals surface area contributed by atoms with Gasteiger partial charge < -0.3 is 10.1 Å². The van der Waals surface area contributed by atoms with Crippen molar-refractivity contribution in [2.45, 2.75) is 19.4 Å². The van der Waals surface area contributed by atoms with Crippen LogP contribution in [0.3, 0.4) is 0 Å². The first-order valence-corrected chi connectivity index (χ1v) is 5.83. The van der Waals surface area contributed by atoms with E-state index in [4.69, 9.17) is 0 Å². The SMILES string of the molecule is C=C(C)C[C@@H](NC(=O)c1ccc(F)c(F)c1)C(=O)OC. The lowest BCUT2D eigenvalue weighted by molar-refractivity contribution is -0.142. The number of carbonyl (C=O) groups is 2. The molecule has 0 bridgehead atoms. The third-order valence-electron chi connectivity index (χ3n) is 2.53. The van der Waals surface area contributed by atoms with Crippen LogP contribution in [0.25, 0.3) is 0 Å². The van der Waals surface area contributed by atoms with Crippen LogP contribution in [-0.2, 0) is 9.53 Å². The van der Waals surface area contributed by atoms with Crippen molar-refractivity contribution >= 4 is 11.9 Å². The zero-order chi connectivity index (χ0) is 15.3. The summed E-state index contributed by atoms with van der Waals surface area (Å²) in [6.45, 7) is 5.34. The van der Waals surface area contributed by atoms with Gasteiger partial charge in [-0.05, 0) is 31.5 Å². The molecule has 20 heavy (non-hydrogen) atoms. The Balaban J connectivity index is 2.86. The molecule has 108 valence electrons. The molecule has 0 radical (unpaired) electrons. The van der Waals surface area contributed by atoms with Gasteiger partial charge in [0.25, 0.3) is 5.91 Å².